The highest BCUT2D eigenvalue weighted by Gasteiger charge is 2.04. The minimum atomic E-state index is -0.264. The predicted molar refractivity (Wildman–Crippen MR) is 59.2 cm³/mol. The second-order valence-corrected chi connectivity index (χ2v) is 3.74. The minimum Gasteiger partial charge on any atom is -0.496 e. The molecule has 0 unspecified atom stereocenters. The van der Waals surface area contributed by atoms with E-state index in [1.54, 1.807) is 25.3 Å². The third-order valence-corrected chi connectivity index (χ3v) is 2.18. The van der Waals surface area contributed by atoms with Crippen molar-refractivity contribution in [3.8, 4) is 5.75 Å². The number of methoxy groups -OCH3 is 1. The summed E-state index contributed by atoms with van der Waals surface area (Å²) in [6, 6.07) is 5.25. The van der Waals surface area contributed by atoms with Gasteiger partial charge < -0.3 is 10.1 Å². The van der Waals surface area contributed by atoms with E-state index in [0.717, 1.165) is 5.56 Å². The molecule has 0 radical (unpaired) electrons. The number of carbonyl (C=O) groups is 1. The zero-order valence-electron chi connectivity index (χ0n) is 7.51. The van der Waals surface area contributed by atoms with E-state index in [1.807, 2.05) is 0 Å². The second kappa shape index (κ2) is 5.22. The van der Waals surface area contributed by atoms with E-state index in [2.05, 4.69) is 21.2 Å². The maximum Gasteiger partial charge on any atom is 0.287 e. The fourth-order valence-electron chi connectivity index (χ4n) is 1.05. The zero-order chi connectivity index (χ0) is 10.6. The summed E-state index contributed by atoms with van der Waals surface area (Å²) in [5.74, 6) is 0.704. The first-order valence-electron chi connectivity index (χ1n) is 3.89. The maximum absolute atomic E-state index is 10.6. The van der Waals surface area contributed by atoms with Crippen molar-refractivity contribution < 1.29 is 9.53 Å². The van der Waals surface area contributed by atoms with Gasteiger partial charge in [0.1, 0.15) is 5.75 Å². The lowest BCUT2D eigenvalue weighted by atomic mass is 10.2. The number of amides is 1. The molecule has 1 aromatic rings. The zero-order valence-corrected chi connectivity index (χ0v) is 9.85. The van der Waals surface area contributed by atoms with Crippen LogP contribution < -0.4 is 10.1 Å². The molecule has 0 saturated heterocycles. The van der Waals surface area contributed by atoms with E-state index in [1.165, 1.54) is 0 Å². The van der Waals surface area contributed by atoms with Crippen LogP contribution in [-0.2, 0) is 6.54 Å². The van der Waals surface area contributed by atoms with Gasteiger partial charge in [-0.15, -0.1) is 0 Å². The number of carbonyl (C=O) groups excluding carboxylic acids is 1. The molecular formula is C9H9BrClNO2. The Morgan fingerprint density at radius 3 is 2.93 bits per heavy atom. The van der Waals surface area contributed by atoms with Crippen molar-refractivity contribution in [2.24, 2.45) is 0 Å². The highest BCUT2D eigenvalue weighted by Crippen LogP contribution is 2.22. The van der Waals surface area contributed by atoms with Gasteiger partial charge in [-0.1, -0.05) is 11.6 Å². The highest BCUT2D eigenvalue weighted by atomic mass is 79.9. The molecule has 5 heteroatoms. The molecule has 0 aliphatic rings. The summed E-state index contributed by atoms with van der Waals surface area (Å²) < 4.78 is 5.11. The molecule has 1 N–H and O–H groups in total. The van der Waals surface area contributed by atoms with Crippen molar-refractivity contribution in [2.75, 3.05) is 7.11 Å². The summed E-state index contributed by atoms with van der Waals surface area (Å²) in [5, 5.41) is 3.22. The quantitative estimate of drug-likeness (QED) is 0.682. The number of rotatable bonds is 3. The molecule has 0 spiro atoms. The van der Waals surface area contributed by atoms with Gasteiger partial charge in [0.05, 0.1) is 7.11 Å². The molecule has 3 nitrogen and oxygen atoms in total. The van der Waals surface area contributed by atoms with Crippen molar-refractivity contribution in [3.05, 3.63) is 28.8 Å². The van der Waals surface area contributed by atoms with Gasteiger partial charge in [0.2, 0.25) is 0 Å². The Morgan fingerprint density at radius 2 is 2.36 bits per heavy atom. The van der Waals surface area contributed by atoms with E-state index in [0.29, 0.717) is 17.3 Å². The van der Waals surface area contributed by atoms with E-state index < -0.39 is 0 Å². The molecule has 0 aromatic heterocycles. The molecule has 0 fully saturated rings. The lowest BCUT2D eigenvalue weighted by Gasteiger charge is -2.08. The van der Waals surface area contributed by atoms with Crippen LogP contribution in [0.3, 0.4) is 0 Å². The molecule has 0 bridgehead atoms. The average molecular weight is 279 g/mol. The molecule has 1 rings (SSSR count). The summed E-state index contributed by atoms with van der Waals surface area (Å²) >= 11 is 8.58. The number of benzene rings is 1. The van der Waals surface area contributed by atoms with Gasteiger partial charge in [-0.05, 0) is 18.2 Å². The third kappa shape index (κ3) is 3.20. The van der Waals surface area contributed by atoms with Gasteiger partial charge in [0.25, 0.3) is 4.82 Å². The van der Waals surface area contributed by atoms with Crippen LogP contribution in [0, 0.1) is 0 Å². The lowest BCUT2D eigenvalue weighted by Crippen LogP contribution is -2.15. The van der Waals surface area contributed by atoms with Crippen LogP contribution in [0.4, 0.5) is 4.79 Å². The summed E-state index contributed by atoms with van der Waals surface area (Å²) in [5.41, 5.74) is 0.841. The summed E-state index contributed by atoms with van der Waals surface area (Å²) in [4.78, 5) is 10.4. The maximum atomic E-state index is 10.6. The molecule has 0 saturated carbocycles. The molecule has 0 atom stereocenters. The fraction of sp³-hybridized carbons (Fsp3) is 0.222. The van der Waals surface area contributed by atoms with Crippen LogP contribution in [0.25, 0.3) is 0 Å². The topological polar surface area (TPSA) is 38.3 Å². The molecule has 14 heavy (non-hydrogen) atoms. The Labute approximate surface area is 95.5 Å². The van der Waals surface area contributed by atoms with Gasteiger partial charge in [-0.25, -0.2) is 0 Å². The van der Waals surface area contributed by atoms with Crippen LogP contribution in [0.5, 0.6) is 5.75 Å². The normalized spacial score (nSPS) is 9.64. The monoisotopic (exact) mass is 277 g/mol. The summed E-state index contributed by atoms with van der Waals surface area (Å²) in [7, 11) is 1.57. The number of ether oxygens (including phenoxy) is 1. The van der Waals surface area contributed by atoms with Crippen LogP contribution in [0.1, 0.15) is 5.56 Å². The van der Waals surface area contributed by atoms with Gasteiger partial charge in [0.15, 0.2) is 0 Å². The molecule has 0 aliphatic carbocycles. The fourth-order valence-corrected chi connectivity index (χ4v) is 1.38. The van der Waals surface area contributed by atoms with Crippen LogP contribution in [-0.4, -0.2) is 11.9 Å². The third-order valence-electron chi connectivity index (χ3n) is 1.66. The molecule has 1 amide bonds. The Kier molecular flexibility index (Phi) is 4.22. The van der Waals surface area contributed by atoms with Crippen LogP contribution >= 0.6 is 27.5 Å². The second-order valence-electron chi connectivity index (χ2n) is 2.58. The first-order chi connectivity index (χ1) is 6.63. The first-order valence-corrected chi connectivity index (χ1v) is 5.06. The number of halogens is 2. The average Bonchev–Trinajstić information content (AvgIpc) is 2.15. The Bertz CT molecular complexity index is 344. The SMILES string of the molecule is COc1ccc(Cl)cc1CNC(=O)Br. The van der Waals surface area contributed by atoms with E-state index in [4.69, 9.17) is 16.3 Å². The first kappa shape index (κ1) is 11.3. The van der Waals surface area contributed by atoms with Crippen molar-refractivity contribution in [3.63, 3.8) is 0 Å². The summed E-state index contributed by atoms with van der Waals surface area (Å²) in [6.07, 6.45) is 0. The molecule has 0 aliphatic heterocycles. The smallest absolute Gasteiger partial charge is 0.287 e. The standard InChI is InChI=1S/C9H9BrClNO2/c1-14-8-3-2-7(11)4-6(8)5-12-9(10)13/h2-4H,5H2,1H3,(H,12,13). The van der Waals surface area contributed by atoms with Gasteiger partial charge in [-0.3, -0.25) is 4.79 Å². The van der Waals surface area contributed by atoms with Crippen molar-refractivity contribution in [1.29, 1.82) is 0 Å². The van der Waals surface area contributed by atoms with Gasteiger partial charge in [0, 0.05) is 33.1 Å². The summed E-state index contributed by atoms with van der Waals surface area (Å²) in [6.45, 7) is 0.383. The van der Waals surface area contributed by atoms with E-state index in [9.17, 15) is 4.79 Å². The molecule has 76 valence electrons. The molecule has 0 heterocycles. The Morgan fingerprint density at radius 1 is 1.64 bits per heavy atom. The predicted octanol–water partition coefficient (Wildman–Crippen LogP) is 2.95. The number of nitrogens with one attached hydrogen (secondary N) is 1. The van der Waals surface area contributed by atoms with E-state index in [-0.39, 0.29) is 4.82 Å². The van der Waals surface area contributed by atoms with Crippen molar-refractivity contribution >= 4 is 32.3 Å². The Hall–Kier alpha value is -0.740. The van der Waals surface area contributed by atoms with Gasteiger partial charge in [-0.2, -0.15) is 0 Å². The van der Waals surface area contributed by atoms with Crippen molar-refractivity contribution in [2.45, 2.75) is 6.54 Å². The number of hydrogen-bond acceptors (Lipinski definition) is 2. The number of hydrogen-bond donors (Lipinski definition) is 1. The van der Waals surface area contributed by atoms with Crippen molar-refractivity contribution in [1.82, 2.24) is 5.32 Å². The van der Waals surface area contributed by atoms with E-state index >= 15 is 0 Å². The van der Waals surface area contributed by atoms with Gasteiger partial charge >= 0.3 is 0 Å². The highest BCUT2D eigenvalue weighted by molar-refractivity contribution is 9.18. The largest absolute Gasteiger partial charge is 0.496 e. The van der Waals surface area contributed by atoms with Crippen LogP contribution in [0.2, 0.25) is 5.02 Å². The lowest BCUT2D eigenvalue weighted by molar-refractivity contribution is 0.261. The minimum absolute atomic E-state index is 0.264. The Balaban J connectivity index is 2.82. The van der Waals surface area contributed by atoms with Crippen LogP contribution in [0.15, 0.2) is 18.2 Å². The molecule has 1 aromatic carbocycles. The molecular weight excluding hydrogens is 269 g/mol.